The van der Waals surface area contributed by atoms with Gasteiger partial charge in [-0.05, 0) is 19.3 Å². The van der Waals surface area contributed by atoms with Gasteiger partial charge in [-0.25, -0.2) is 4.98 Å². The van der Waals surface area contributed by atoms with Gasteiger partial charge in [-0.1, -0.05) is 40.0 Å². The summed E-state index contributed by atoms with van der Waals surface area (Å²) in [7, 11) is 0. The van der Waals surface area contributed by atoms with Crippen molar-refractivity contribution in [2.75, 3.05) is 11.9 Å². The van der Waals surface area contributed by atoms with E-state index < -0.39 is 0 Å². The number of fused-ring (bicyclic) bond motifs is 1. The molecule has 0 saturated carbocycles. The zero-order valence-corrected chi connectivity index (χ0v) is 13.6. The second-order valence-corrected chi connectivity index (χ2v) is 5.67. The molecule has 2 aromatic heterocycles. The third-order valence-corrected chi connectivity index (χ3v) is 4.12. The van der Waals surface area contributed by atoms with Crippen molar-refractivity contribution < 1.29 is 0 Å². The van der Waals surface area contributed by atoms with Gasteiger partial charge in [0, 0.05) is 30.3 Å². The van der Waals surface area contributed by atoms with Crippen molar-refractivity contribution in [1.29, 1.82) is 0 Å². The molecule has 2 aromatic rings. The Balaban J connectivity index is 2.14. The van der Waals surface area contributed by atoms with Gasteiger partial charge in [-0.15, -0.1) is 0 Å². The zero-order valence-electron chi connectivity index (χ0n) is 13.6. The van der Waals surface area contributed by atoms with E-state index >= 15 is 0 Å². The van der Waals surface area contributed by atoms with Crippen LogP contribution in [0.25, 0.3) is 5.65 Å². The smallest absolute Gasteiger partial charge is 0.157 e. The average molecular weight is 288 g/mol. The number of hydrogen-bond acceptors (Lipinski definition) is 3. The summed E-state index contributed by atoms with van der Waals surface area (Å²) in [4.78, 5) is 4.76. The van der Waals surface area contributed by atoms with E-state index in [9.17, 15) is 0 Å². The highest BCUT2D eigenvalue weighted by Gasteiger charge is 2.12. The molecule has 0 bridgehead atoms. The van der Waals surface area contributed by atoms with Gasteiger partial charge in [0.25, 0.3) is 0 Å². The van der Waals surface area contributed by atoms with Crippen molar-refractivity contribution in [3.63, 3.8) is 0 Å². The highest BCUT2D eigenvalue weighted by atomic mass is 15.3. The van der Waals surface area contributed by atoms with E-state index in [-0.39, 0.29) is 0 Å². The van der Waals surface area contributed by atoms with Gasteiger partial charge in [0.2, 0.25) is 0 Å². The number of anilines is 1. The van der Waals surface area contributed by atoms with Crippen LogP contribution in [0.1, 0.15) is 70.9 Å². The van der Waals surface area contributed by atoms with Crippen LogP contribution in [-0.4, -0.2) is 21.1 Å². The molecule has 2 rings (SSSR count). The summed E-state index contributed by atoms with van der Waals surface area (Å²) < 4.78 is 1.91. The molecule has 0 saturated heterocycles. The Labute approximate surface area is 128 Å². The standard InChI is InChI=1S/C17H28N4/c1-4-7-8-9-11-18-17-13-15(14(5-2)6-3)20-16-10-12-19-21(16)17/h10,12-14,18H,4-9,11H2,1-3H3. The van der Waals surface area contributed by atoms with Crippen LogP contribution in [0.3, 0.4) is 0 Å². The maximum Gasteiger partial charge on any atom is 0.157 e. The van der Waals surface area contributed by atoms with Crippen LogP contribution < -0.4 is 5.32 Å². The lowest BCUT2D eigenvalue weighted by Gasteiger charge is -2.15. The van der Waals surface area contributed by atoms with Crippen molar-refractivity contribution in [1.82, 2.24) is 14.6 Å². The molecule has 0 aromatic carbocycles. The minimum atomic E-state index is 0.533. The topological polar surface area (TPSA) is 42.2 Å². The second kappa shape index (κ2) is 8.01. The fourth-order valence-corrected chi connectivity index (χ4v) is 2.74. The van der Waals surface area contributed by atoms with Gasteiger partial charge >= 0.3 is 0 Å². The number of rotatable bonds is 9. The van der Waals surface area contributed by atoms with E-state index in [4.69, 9.17) is 4.98 Å². The minimum absolute atomic E-state index is 0.533. The lowest BCUT2D eigenvalue weighted by Crippen LogP contribution is -2.10. The summed E-state index contributed by atoms with van der Waals surface area (Å²) >= 11 is 0. The first-order valence-electron chi connectivity index (χ1n) is 8.38. The predicted octanol–water partition coefficient (Wildman–Crippen LogP) is 4.63. The first kappa shape index (κ1) is 15.8. The highest BCUT2D eigenvalue weighted by molar-refractivity contribution is 5.49. The molecule has 0 aliphatic heterocycles. The second-order valence-electron chi connectivity index (χ2n) is 5.67. The number of nitrogens with zero attached hydrogens (tertiary/aromatic N) is 3. The number of aromatic nitrogens is 3. The van der Waals surface area contributed by atoms with Crippen LogP contribution in [0.2, 0.25) is 0 Å². The van der Waals surface area contributed by atoms with Crippen molar-refractivity contribution in [3.05, 3.63) is 24.0 Å². The number of unbranched alkanes of at least 4 members (excludes halogenated alkanes) is 3. The van der Waals surface area contributed by atoms with Crippen LogP contribution in [0, 0.1) is 0 Å². The quantitative estimate of drug-likeness (QED) is 0.684. The molecule has 0 spiro atoms. The summed E-state index contributed by atoms with van der Waals surface area (Å²) in [6.07, 6.45) is 9.16. The molecule has 116 valence electrons. The predicted molar refractivity (Wildman–Crippen MR) is 88.9 cm³/mol. The lowest BCUT2D eigenvalue weighted by molar-refractivity contribution is 0.622. The molecule has 1 N–H and O–H groups in total. The SMILES string of the molecule is CCCCCCNc1cc(C(CC)CC)nc2ccnn12. The van der Waals surface area contributed by atoms with E-state index in [1.807, 2.05) is 16.8 Å². The average Bonchev–Trinajstić information content (AvgIpc) is 2.97. The van der Waals surface area contributed by atoms with Crippen LogP contribution in [-0.2, 0) is 0 Å². The Hall–Kier alpha value is -1.58. The molecule has 0 unspecified atom stereocenters. The summed E-state index contributed by atoms with van der Waals surface area (Å²) in [6.45, 7) is 7.70. The zero-order chi connectivity index (χ0) is 15.1. The van der Waals surface area contributed by atoms with Crippen LogP contribution >= 0.6 is 0 Å². The molecule has 0 aliphatic rings. The van der Waals surface area contributed by atoms with E-state index in [1.54, 1.807) is 0 Å². The molecule has 0 aliphatic carbocycles. The summed E-state index contributed by atoms with van der Waals surface area (Å²) in [5.74, 6) is 1.61. The third kappa shape index (κ3) is 3.96. The largest absolute Gasteiger partial charge is 0.370 e. The molecule has 0 atom stereocenters. The molecule has 0 fully saturated rings. The molecular weight excluding hydrogens is 260 g/mol. The van der Waals surface area contributed by atoms with Gasteiger partial charge in [0.15, 0.2) is 5.65 Å². The maximum atomic E-state index is 4.76. The summed E-state index contributed by atoms with van der Waals surface area (Å²) in [5, 5.41) is 7.91. The van der Waals surface area contributed by atoms with E-state index in [0.717, 1.165) is 30.9 Å². The van der Waals surface area contributed by atoms with Gasteiger partial charge in [0.05, 0.1) is 6.20 Å². The molecule has 4 heteroatoms. The first-order chi connectivity index (χ1) is 10.3. The molecule has 0 radical (unpaired) electrons. The van der Waals surface area contributed by atoms with Gasteiger partial charge in [-0.2, -0.15) is 9.61 Å². The van der Waals surface area contributed by atoms with Gasteiger partial charge < -0.3 is 5.32 Å². The number of nitrogens with one attached hydrogen (secondary N) is 1. The Kier molecular flexibility index (Phi) is 6.03. The molecule has 0 amide bonds. The molecular formula is C17H28N4. The summed E-state index contributed by atoms with van der Waals surface area (Å²) in [6, 6.07) is 4.16. The Bertz CT molecular complexity index is 543. The Morgan fingerprint density at radius 2 is 1.95 bits per heavy atom. The van der Waals surface area contributed by atoms with Crippen molar-refractivity contribution in [3.8, 4) is 0 Å². The fourth-order valence-electron chi connectivity index (χ4n) is 2.74. The van der Waals surface area contributed by atoms with Crippen LogP contribution in [0.15, 0.2) is 18.3 Å². The molecule has 2 heterocycles. The molecule has 21 heavy (non-hydrogen) atoms. The van der Waals surface area contributed by atoms with Crippen LogP contribution in [0.5, 0.6) is 0 Å². The van der Waals surface area contributed by atoms with Gasteiger partial charge in [0.1, 0.15) is 5.82 Å². The lowest BCUT2D eigenvalue weighted by atomic mass is 9.99. The maximum absolute atomic E-state index is 4.76. The minimum Gasteiger partial charge on any atom is -0.370 e. The third-order valence-electron chi connectivity index (χ3n) is 4.12. The Morgan fingerprint density at radius 3 is 2.67 bits per heavy atom. The van der Waals surface area contributed by atoms with Crippen molar-refractivity contribution in [2.45, 2.75) is 65.2 Å². The first-order valence-corrected chi connectivity index (χ1v) is 8.38. The monoisotopic (exact) mass is 288 g/mol. The van der Waals surface area contributed by atoms with Crippen molar-refractivity contribution >= 4 is 11.5 Å². The normalized spacial score (nSPS) is 11.4. The number of hydrogen-bond donors (Lipinski definition) is 1. The van der Waals surface area contributed by atoms with E-state index in [0.29, 0.717) is 5.92 Å². The summed E-state index contributed by atoms with van der Waals surface area (Å²) in [5.41, 5.74) is 2.12. The van der Waals surface area contributed by atoms with Crippen LogP contribution in [0.4, 0.5) is 5.82 Å². The Morgan fingerprint density at radius 1 is 1.14 bits per heavy atom. The van der Waals surface area contributed by atoms with Gasteiger partial charge in [-0.3, -0.25) is 0 Å². The highest BCUT2D eigenvalue weighted by Crippen LogP contribution is 2.24. The van der Waals surface area contributed by atoms with E-state index in [2.05, 4.69) is 37.3 Å². The van der Waals surface area contributed by atoms with Crippen molar-refractivity contribution in [2.24, 2.45) is 0 Å². The van der Waals surface area contributed by atoms with E-state index in [1.165, 1.54) is 31.4 Å². The molecule has 4 nitrogen and oxygen atoms in total. The fraction of sp³-hybridized carbons (Fsp3) is 0.647.